The number of carbonyl (C=O) groups is 3. The van der Waals surface area contributed by atoms with Gasteiger partial charge in [-0.1, -0.05) is 0 Å². The first-order valence-electron chi connectivity index (χ1n) is 8.40. The molecule has 0 aliphatic carbocycles. The molecular weight excluding hydrogens is 419 g/mol. The number of nitrogens with zero attached hydrogens (tertiary/aromatic N) is 2. The van der Waals surface area contributed by atoms with E-state index in [1.165, 1.54) is 0 Å². The maximum Gasteiger partial charge on any atom is 0.421 e. The van der Waals surface area contributed by atoms with E-state index in [-0.39, 0.29) is 0 Å². The molecular formula is C16H18F3N3O8. The Morgan fingerprint density at radius 3 is 2.20 bits per heavy atom. The molecule has 1 aromatic rings. The van der Waals surface area contributed by atoms with Crippen molar-refractivity contribution < 1.29 is 46.5 Å². The molecule has 2 heterocycles. The van der Waals surface area contributed by atoms with E-state index < -0.39 is 72.3 Å². The van der Waals surface area contributed by atoms with Crippen molar-refractivity contribution in [3.63, 3.8) is 0 Å². The summed E-state index contributed by atoms with van der Waals surface area (Å²) in [6.45, 7) is 2.61. The number of esters is 3. The molecule has 166 valence electrons. The quantitative estimate of drug-likeness (QED) is 0.499. The number of hydrogen-bond donors (Lipinski definition) is 1. The molecule has 4 atom stereocenters. The Morgan fingerprint density at radius 2 is 1.70 bits per heavy atom. The fourth-order valence-electron chi connectivity index (χ4n) is 2.80. The maximum atomic E-state index is 13.2. The van der Waals surface area contributed by atoms with Crippen molar-refractivity contribution in [2.75, 3.05) is 12.3 Å². The number of nitrogen functional groups attached to an aromatic ring is 1. The zero-order valence-corrected chi connectivity index (χ0v) is 16.0. The Hall–Kier alpha value is -3.16. The smallest absolute Gasteiger partial charge is 0.421 e. The molecule has 1 fully saturated rings. The van der Waals surface area contributed by atoms with Gasteiger partial charge in [-0.2, -0.15) is 18.2 Å². The lowest BCUT2D eigenvalue weighted by Crippen LogP contribution is -2.42. The predicted molar refractivity (Wildman–Crippen MR) is 89.6 cm³/mol. The summed E-state index contributed by atoms with van der Waals surface area (Å²) in [4.78, 5) is 49.5. The molecule has 1 aromatic heterocycles. The van der Waals surface area contributed by atoms with Gasteiger partial charge in [0.25, 0.3) is 0 Å². The van der Waals surface area contributed by atoms with E-state index in [0.717, 1.165) is 20.8 Å². The molecule has 0 aromatic carbocycles. The summed E-state index contributed by atoms with van der Waals surface area (Å²) < 4.78 is 60.4. The standard InChI is InChI=1S/C16H18F3N3O8/c1-6(23)27-5-10-11(28-7(2)24)12(29-8(3)25)14(30-10)22-4-9(16(17,18)19)13(20)21-15(22)26/h4,10-12,14H,5H2,1-3H3,(H2,20,21,26)/t10-,11-,12+,14-/m1/s1. The zero-order chi connectivity index (χ0) is 22.8. The van der Waals surface area contributed by atoms with E-state index in [4.69, 9.17) is 24.7 Å². The van der Waals surface area contributed by atoms with Gasteiger partial charge in [0.2, 0.25) is 0 Å². The summed E-state index contributed by atoms with van der Waals surface area (Å²) in [5, 5.41) is 0. The van der Waals surface area contributed by atoms with Crippen LogP contribution in [0.5, 0.6) is 0 Å². The molecule has 2 N–H and O–H groups in total. The van der Waals surface area contributed by atoms with Crippen molar-refractivity contribution >= 4 is 23.7 Å². The maximum absolute atomic E-state index is 13.2. The number of nitrogens with two attached hydrogens (primary N) is 1. The van der Waals surface area contributed by atoms with E-state index in [1.54, 1.807) is 0 Å². The van der Waals surface area contributed by atoms with Crippen molar-refractivity contribution in [2.45, 2.75) is 51.5 Å². The average Bonchev–Trinajstić information content (AvgIpc) is 2.88. The third-order valence-corrected chi connectivity index (χ3v) is 3.90. The minimum Gasteiger partial charge on any atom is -0.463 e. The molecule has 11 nitrogen and oxygen atoms in total. The lowest BCUT2D eigenvalue weighted by atomic mass is 10.1. The highest BCUT2D eigenvalue weighted by Gasteiger charge is 2.51. The third kappa shape index (κ3) is 5.25. The van der Waals surface area contributed by atoms with Gasteiger partial charge in [0.15, 0.2) is 18.4 Å². The van der Waals surface area contributed by atoms with Gasteiger partial charge in [0.1, 0.15) is 24.1 Å². The number of hydrogen-bond acceptors (Lipinski definition) is 10. The van der Waals surface area contributed by atoms with Crippen LogP contribution < -0.4 is 11.4 Å². The lowest BCUT2D eigenvalue weighted by molar-refractivity contribution is -0.166. The summed E-state index contributed by atoms with van der Waals surface area (Å²) in [6.07, 6.45) is -10.5. The van der Waals surface area contributed by atoms with Crippen LogP contribution in [0.4, 0.5) is 19.0 Å². The van der Waals surface area contributed by atoms with Crippen LogP contribution in [0.15, 0.2) is 11.0 Å². The number of ether oxygens (including phenoxy) is 4. The monoisotopic (exact) mass is 437 g/mol. The second-order valence-electron chi connectivity index (χ2n) is 6.24. The molecule has 1 aliphatic rings. The van der Waals surface area contributed by atoms with Crippen LogP contribution in [0.3, 0.4) is 0 Å². The van der Waals surface area contributed by atoms with Crippen molar-refractivity contribution in [2.24, 2.45) is 0 Å². The van der Waals surface area contributed by atoms with Gasteiger partial charge in [-0.3, -0.25) is 19.0 Å². The first-order valence-corrected chi connectivity index (χ1v) is 8.40. The van der Waals surface area contributed by atoms with Gasteiger partial charge in [0.05, 0.1) is 0 Å². The van der Waals surface area contributed by atoms with Gasteiger partial charge >= 0.3 is 29.8 Å². The Morgan fingerprint density at radius 1 is 1.13 bits per heavy atom. The molecule has 14 heteroatoms. The number of anilines is 1. The largest absolute Gasteiger partial charge is 0.463 e. The number of alkyl halides is 3. The molecule has 0 bridgehead atoms. The normalized spacial score (nSPS) is 23.7. The molecule has 0 saturated carbocycles. The fraction of sp³-hybridized carbons (Fsp3) is 0.562. The second kappa shape index (κ2) is 8.69. The van der Waals surface area contributed by atoms with Crippen LogP contribution in [0, 0.1) is 0 Å². The topological polar surface area (TPSA) is 149 Å². The van der Waals surface area contributed by atoms with E-state index in [2.05, 4.69) is 4.98 Å². The molecule has 1 saturated heterocycles. The second-order valence-corrected chi connectivity index (χ2v) is 6.24. The van der Waals surface area contributed by atoms with Crippen LogP contribution in [0.1, 0.15) is 32.6 Å². The van der Waals surface area contributed by atoms with Crippen molar-refractivity contribution in [3.05, 3.63) is 22.2 Å². The number of aromatic nitrogens is 2. The molecule has 30 heavy (non-hydrogen) atoms. The van der Waals surface area contributed by atoms with Gasteiger partial charge in [0, 0.05) is 27.0 Å². The molecule has 1 aliphatic heterocycles. The highest BCUT2D eigenvalue weighted by molar-refractivity contribution is 5.68. The Kier molecular flexibility index (Phi) is 6.70. The molecule has 0 unspecified atom stereocenters. The third-order valence-electron chi connectivity index (χ3n) is 3.90. The summed E-state index contributed by atoms with van der Waals surface area (Å²) in [5.74, 6) is -3.52. The zero-order valence-electron chi connectivity index (χ0n) is 16.0. The molecule has 2 rings (SSSR count). The SMILES string of the molecule is CC(=O)OC[C@H]1O[C@@H](n2cc(C(F)(F)F)c(N)nc2=O)[C@@H](OC(C)=O)[C@@H]1OC(C)=O. The molecule has 0 radical (unpaired) electrons. The highest BCUT2D eigenvalue weighted by Crippen LogP contribution is 2.36. The minimum atomic E-state index is -4.95. The van der Waals surface area contributed by atoms with Crippen LogP contribution in [0.25, 0.3) is 0 Å². The van der Waals surface area contributed by atoms with Crippen LogP contribution in [-0.2, 0) is 39.5 Å². The predicted octanol–water partition coefficient (Wildman–Crippen LogP) is 0.168. The first-order chi connectivity index (χ1) is 13.8. The first kappa shape index (κ1) is 23.1. The van der Waals surface area contributed by atoms with Gasteiger partial charge in [-0.15, -0.1) is 0 Å². The Labute approximate surface area is 166 Å². The van der Waals surface area contributed by atoms with Crippen LogP contribution in [0.2, 0.25) is 0 Å². The van der Waals surface area contributed by atoms with E-state index in [9.17, 15) is 32.3 Å². The number of halogens is 3. The lowest BCUT2D eigenvalue weighted by Gasteiger charge is -2.24. The Bertz CT molecular complexity index is 901. The minimum absolute atomic E-state index is 0.352. The van der Waals surface area contributed by atoms with E-state index in [0.29, 0.717) is 10.8 Å². The number of carbonyl (C=O) groups excluding carboxylic acids is 3. The van der Waals surface area contributed by atoms with Crippen LogP contribution in [-0.4, -0.2) is 52.4 Å². The summed E-state index contributed by atoms with van der Waals surface area (Å²) in [5.41, 5.74) is 2.53. The summed E-state index contributed by atoms with van der Waals surface area (Å²) in [7, 11) is 0. The van der Waals surface area contributed by atoms with Gasteiger partial charge in [-0.25, -0.2) is 4.79 Å². The van der Waals surface area contributed by atoms with Crippen molar-refractivity contribution in [1.29, 1.82) is 0 Å². The van der Waals surface area contributed by atoms with Gasteiger partial charge in [-0.05, 0) is 0 Å². The highest BCUT2D eigenvalue weighted by atomic mass is 19.4. The molecule has 0 spiro atoms. The van der Waals surface area contributed by atoms with Crippen molar-refractivity contribution in [1.82, 2.24) is 9.55 Å². The molecule has 0 amide bonds. The van der Waals surface area contributed by atoms with Crippen molar-refractivity contribution in [3.8, 4) is 0 Å². The van der Waals surface area contributed by atoms with E-state index >= 15 is 0 Å². The van der Waals surface area contributed by atoms with Gasteiger partial charge < -0.3 is 24.7 Å². The summed E-state index contributed by atoms with van der Waals surface area (Å²) in [6, 6.07) is 0. The summed E-state index contributed by atoms with van der Waals surface area (Å²) >= 11 is 0. The van der Waals surface area contributed by atoms with Crippen LogP contribution >= 0.6 is 0 Å². The average molecular weight is 437 g/mol. The van der Waals surface area contributed by atoms with E-state index in [1.807, 2.05) is 0 Å². The Balaban J connectivity index is 2.55. The number of rotatable bonds is 5. The fourth-order valence-corrected chi connectivity index (χ4v) is 2.80.